The van der Waals surface area contributed by atoms with Gasteiger partial charge in [0, 0.05) is 39.8 Å². The van der Waals surface area contributed by atoms with Crippen molar-refractivity contribution in [3.05, 3.63) is 0 Å². The summed E-state index contributed by atoms with van der Waals surface area (Å²) in [6.07, 6.45) is 6.71. The van der Waals surface area contributed by atoms with Crippen molar-refractivity contribution in [2.45, 2.75) is 50.1 Å². The minimum atomic E-state index is -0.239. The minimum absolute atomic E-state index is 0.239. The van der Waals surface area contributed by atoms with Crippen LogP contribution in [-0.4, -0.2) is 85.7 Å². The molecular formula is C17H31N3O2. The Morgan fingerprint density at radius 2 is 1.82 bits per heavy atom. The molecule has 0 radical (unpaired) electrons. The van der Waals surface area contributed by atoms with E-state index < -0.39 is 0 Å². The summed E-state index contributed by atoms with van der Waals surface area (Å²) in [5.74, 6) is 0.354. The van der Waals surface area contributed by atoms with Gasteiger partial charge in [0.15, 0.2) is 0 Å². The molecular weight excluding hydrogens is 278 g/mol. The van der Waals surface area contributed by atoms with E-state index in [2.05, 4.69) is 16.8 Å². The molecule has 2 heterocycles. The minimum Gasteiger partial charge on any atom is -0.379 e. The van der Waals surface area contributed by atoms with Crippen LogP contribution in [0, 0.1) is 0 Å². The van der Waals surface area contributed by atoms with E-state index in [1.807, 2.05) is 11.9 Å². The highest BCUT2D eigenvalue weighted by atomic mass is 16.5. The third-order valence-electron chi connectivity index (χ3n) is 5.96. The van der Waals surface area contributed by atoms with Crippen LogP contribution in [0.4, 0.5) is 0 Å². The van der Waals surface area contributed by atoms with Crippen molar-refractivity contribution in [1.82, 2.24) is 14.7 Å². The molecule has 0 N–H and O–H groups in total. The Balaban J connectivity index is 1.77. The SMILES string of the molecule is CN1CCN(C2(C(=O)N(C)C3CCOC3)CCCCC2)CC1. The molecule has 0 bridgehead atoms. The lowest BCUT2D eigenvalue weighted by Gasteiger charge is -2.50. The first-order valence-electron chi connectivity index (χ1n) is 8.92. The number of piperazine rings is 1. The van der Waals surface area contributed by atoms with E-state index in [1.54, 1.807) is 0 Å². The molecule has 1 saturated carbocycles. The van der Waals surface area contributed by atoms with Crippen molar-refractivity contribution in [1.29, 1.82) is 0 Å². The Labute approximate surface area is 134 Å². The summed E-state index contributed by atoms with van der Waals surface area (Å²) in [5, 5.41) is 0. The van der Waals surface area contributed by atoms with Gasteiger partial charge >= 0.3 is 0 Å². The van der Waals surface area contributed by atoms with Crippen LogP contribution in [0.3, 0.4) is 0 Å². The number of likely N-dealkylation sites (N-methyl/N-ethyl adjacent to an activating group) is 2. The van der Waals surface area contributed by atoms with Crippen LogP contribution in [0.15, 0.2) is 0 Å². The summed E-state index contributed by atoms with van der Waals surface area (Å²) in [6.45, 7) is 5.70. The van der Waals surface area contributed by atoms with Gasteiger partial charge in [-0.25, -0.2) is 0 Å². The van der Waals surface area contributed by atoms with Crippen LogP contribution in [0.25, 0.3) is 0 Å². The summed E-state index contributed by atoms with van der Waals surface area (Å²) in [5.41, 5.74) is -0.239. The first-order valence-corrected chi connectivity index (χ1v) is 8.92. The maximum absolute atomic E-state index is 13.4. The topological polar surface area (TPSA) is 36.0 Å². The predicted molar refractivity (Wildman–Crippen MR) is 86.9 cm³/mol. The van der Waals surface area contributed by atoms with E-state index in [0.29, 0.717) is 12.5 Å². The monoisotopic (exact) mass is 309 g/mol. The Kier molecular flexibility index (Phi) is 5.05. The first-order chi connectivity index (χ1) is 10.6. The van der Waals surface area contributed by atoms with Gasteiger partial charge in [0.05, 0.1) is 12.6 Å². The summed E-state index contributed by atoms with van der Waals surface area (Å²) in [4.78, 5) is 20.3. The second-order valence-electron chi connectivity index (χ2n) is 7.32. The van der Waals surface area contributed by atoms with Gasteiger partial charge in [-0.05, 0) is 26.3 Å². The second-order valence-corrected chi connectivity index (χ2v) is 7.32. The van der Waals surface area contributed by atoms with Crippen molar-refractivity contribution in [2.24, 2.45) is 0 Å². The number of ether oxygens (including phenoxy) is 1. The number of carbonyl (C=O) groups excluding carboxylic acids is 1. The lowest BCUT2D eigenvalue weighted by molar-refractivity contribution is -0.150. The summed E-state index contributed by atoms with van der Waals surface area (Å²) in [6, 6.07) is 0.277. The largest absolute Gasteiger partial charge is 0.379 e. The Bertz CT molecular complexity index is 381. The average molecular weight is 309 g/mol. The van der Waals surface area contributed by atoms with Gasteiger partial charge in [0.25, 0.3) is 0 Å². The lowest BCUT2D eigenvalue weighted by atomic mass is 9.78. The van der Waals surface area contributed by atoms with Crippen LogP contribution in [-0.2, 0) is 9.53 Å². The molecule has 3 aliphatic rings. The fourth-order valence-corrected chi connectivity index (χ4v) is 4.36. The maximum Gasteiger partial charge on any atom is 0.243 e. The molecule has 126 valence electrons. The van der Waals surface area contributed by atoms with Crippen molar-refractivity contribution < 1.29 is 9.53 Å². The van der Waals surface area contributed by atoms with Crippen molar-refractivity contribution in [3.63, 3.8) is 0 Å². The van der Waals surface area contributed by atoms with Gasteiger partial charge < -0.3 is 14.5 Å². The molecule has 5 heteroatoms. The maximum atomic E-state index is 13.4. The summed E-state index contributed by atoms with van der Waals surface area (Å²) in [7, 11) is 4.17. The highest BCUT2D eigenvalue weighted by molar-refractivity contribution is 5.86. The Morgan fingerprint density at radius 1 is 1.14 bits per heavy atom. The van der Waals surface area contributed by atoms with E-state index in [-0.39, 0.29) is 11.6 Å². The van der Waals surface area contributed by atoms with Gasteiger partial charge in [0.1, 0.15) is 5.54 Å². The zero-order chi connectivity index (χ0) is 15.6. The quantitative estimate of drug-likeness (QED) is 0.784. The molecule has 3 rings (SSSR count). The first kappa shape index (κ1) is 16.2. The van der Waals surface area contributed by atoms with Crippen molar-refractivity contribution in [2.75, 3.05) is 53.5 Å². The van der Waals surface area contributed by atoms with Crippen LogP contribution in [0.2, 0.25) is 0 Å². The van der Waals surface area contributed by atoms with Gasteiger partial charge in [-0.2, -0.15) is 0 Å². The third-order valence-corrected chi connectivity index (χ3v) is 5.96. The van der Waals surface area contributed by atoms with Crippen LogP contribution < -0.4 is 0 Å². The fourth-order valence-electron chi connectivity index (χ4n) is 4.36. The summed E-state index contributed by atoms with van der Waals surface area (Å²) < 4.78 is 5.49. The Hall–Kier alpha value is -0.650. The van der Waals surface area contributed by atoms with E-state index in [4.69, 9.17) is 4.74 Å². The standard InChI is InChI=1S/C17H31N3O2/c1-18-9-11-20(12-10-18)17(7-4-3-5-8-17)16(21)19(2)15-6-13-22-14-15/h15H,3-14H2,1-2H3. The molecule has 0 aromatic heterocycles. The molecule has 1 atom stereocenters. The van der Waals surface area contributed by atoms with Crippen molar-refractivity contribution in [3.8, 4) is 0 Å². The normalized spacial score (nSPS) is 30.4. The number of hydrogen-bond acceptors (Lipinski definition) is 4. The molecule has 1 amide bonds. The molecule has 2 aliphatic heterocycles. The van der Waals surface area contributed by atoms with Crippen molar-refractivity contribution >= 4 is 5.91 Å². The smallest absolute Gasteiger partial charge is 0.243 e. The molecule has 3 fully saturated rings. The van der Waals surface area contributed by atoms with Crippen LogP contribution >= 0.6 is 0 Å². The number of carbonyl (C=O) groups is 1. The van der Waals surface area contributed by atoms with Gasteiger partial charge in [0.2, 0.25) is 5.91 Å². The number of rotatable bonds is 3. The molecule has 1 unspecified atom stereocenters. The van der Waals surface area contributed by atoms with Gasteiger partial charge in [-0.15, -0.1) is 0 Å². The molecule has 2 saturated heterocycles. The highest BCUT2D eigenvalue weighted by Gasteiger charge is 2.47. The zero-order valence-electron chi connectivity index (χ0n) is 14.2. The fraction of sp³-hybridized carbons (Fsp3) is 0.941. The number of hydrogen-bond donors (Lipinski definition) is 0. The molecule has 22 heavy (non-hydrogen) atoms. The van der Waals surface area contributed by atoms with Crippen LogP contribution in [0.5, 0.6) is 0 Å². The summed E-state index contributed by atoms with van der Waals surface area (Å²) >= 11 is 0. The average Bonchev–Trinajstić information content (AvgIpc) is 3.09. The number of nitrogens with zero attached hydrogens (tertiary/aromatic N) is 3. The third kappa shape index (κ3) is 3.03. The van der Waals surface area contributed by atoms with Gasteiger partial charge in [-0.1, -0.05) is 19.3 Å². The molecule has 0 aromatic carbocycles. The van der Waals surface area contributed by atoms with Gasteiger partial charge in [-0.3, -0.25) is 9.69 Å². The molecule has 5 nitrogen and oxygen atoms in total. The van der Waals surface area contributed by atoms with E-state index in [1.165, 1.54) is 19.3 Å². The van der Waals surface area contributed by atoms with E-state index in [9.17, 15) is 4.79 Å². The van der Waals surface area contributed by atoms with Crippen LogP contribution in [0.1, 0.15) is 38.5 Å². The second kappa shape index (κ2) is 6.85. The Morgan fingerprint density at radius 3 is 2.41 bits per heavy atom. The zero-order valence-corrected chi connectivity index (χ0v) is 14.2. The molecule has 0 aromatic rings. The lowest BCUT2D eigenvalue weighted by Crippen LogP contribution is -2.64. The predicted octanol–water partition coefficient (Wildman–Crippen LogP) is 1.18. The molecule has 0 spiro atoms. The molecule has 1 aliphatic carbocycles. The van der Waals surface area contributed by atoms with E-state index in [0.717, 1.165) is 52.0 Å². The van der Waals surface area contributed by atoms with E-state index >= 15 is 0 Å². The highest BCUT2D eigenvalue weighted by Crippen LogP contribution is 2.36. The number of amides is 1.